The lowest BCUT2D eigenvalue weighted by atomic mass is 10.1. The lowest BCUT2D eigenvalue weighted by Crippen LogP contribution is -2.39. The zero-order chi connectivity index (χ0) is 19.3. The topological polar surface area (TPSA) is 21.7 Å². The van der Waals surface area contributed by atoms with Crippen molar-refractivity contribution in [3.63, 3.8) is 0 Å². The normalized spacial score (nSPS) is 11.7. The average Bonchev–Trinajstić information content (AvgIpc) is 2.56. The molecule has 0 saturated carbocycles. The van der Waals surface area contributed by atoms with Crippen LogP contribution >= 0.6 is 8.58 Å². The maximum absolute atomic E-state index is 5.90. The maximum Gasteiger partial charge on any atom is 0.188 e. The highest BCUT2D eigenvalue weighted by molar-refractivity contribution is 7.56. The van der Waals surface area contributed by atoms with Crippen LogP contribution in [0.4, 0.5) is 5.69 Å². The Hall–Kier alpha value is -1.57. The molecule has 3 nitrogen and oxygen atoms in total. The number of methoxy groups -OCH3 is 1. The van der Waals surface area contributed by atoms with Crippen LogP contribution in [0.25, 0.3) is 0 Å². The molecule has 0 spiro atoms. The lowest BCUT2D eigenvalue weighted by molar-refractivity contribution is 0.0514. The predicted octanol–water partition coefficient (Wildman–Crippen LogP) is 4.54. The number of hydrogen-bond acceptors (Lipinski definition) is 3. The third-order valence-corrected chi connectivity index (χ3v) is 6.00. The molecule has 26 heavy (non-hydrogen) atoms. The molecule has 0 aliphatic carbocycles. The van der Waals surface area contributed by atoms with Gasteiger partial charge in [0.15, 0.2) is 6.79 Å². The number of rotatable bonds is 8. The Kier molecular flexibility index (Phi) is 7.49. The number of nitrogens with zero attached hydrogens (tertiary/aromatic N) is 1. The quantitative estimate of drug-likeness (QED) is 0.501. The van der Waals surface area contributed by atoms with E-state index >= 15 is 0 Å². The second-order valence-corrected chi connectivity index (χ2v) is 8.48. The Morgan fingerprint density at radius 3 is 2.15 bits per heavy atom. The van der Waals surface area contributed by atoms with Crippen LogP contribution in [0.3, 0.4) is 0 Å². The molecule has 0 radical (unpaired) electrons. The summed E-state index contributed by atoms with van der Waals surface area (Å²) >= 11 is 0. The van der Waals surface area contributed by atoms with Crippen molar-refractivity contribution in [2.45, 2.75) is 53.6 Å². The van der Waals surface area contributed by atoms with Gasteiger partial charge in [-0.15, -0.1) is 0 Å². The Balaban J connectivity index is 2.49. The largest absolute Gasteiger partial charge is 0.467 e. The molecular formula is C22H32NO2P. The molecule has 0 fully saturated rings. The van der Waals surface area contributed by atoms with Gasteiger partial charge >= 0.3 is 0 Å². The zero-order valence-corrected chi connectivity index (χ0v) is 18.1. The molecule has 4 heteroatoms. The molecule has 0 heterocycles. The first-order chi connectivity index (χ1) is 12.4. The van der Waals surface area contributed by atoms with E-state index in [1.807, 2.05) is 0 Å². The van der Waals surface area contributed by atoms with Gasteiger partial charge < -0.3 is 14.4 Å². The van der Waals surface area contributed by atoms with E-state index in [2.05, 4.69) is 82.8 Å². The summed E-state index contributed by atoms with van der Waals surface area (Å²) in [7, 11) is 2.19. The molecule has 0 bridgehead atoms. The highest BCUT2D eigenvalue weighted by Gasteiger charge is 2.20. The smallest absolute Gasteiger partial charge is 0.188 e. The highest BCUT2D eigenvalue weighted by atomic mass is 31.1. The van der Waals surface area contributed by atoms with Gasteiger partial charge in [0, 0.05) is 35.5 Å². The Bertz CT molecular complexity index is 720. The minimum Gasteiger partial charge on any atom is -0.467 e. The minimum atomic E-state index is 0.271. The van der Waals surface area contributed by atoms with Gasteiger partial charge in [0.25, 0.3) is 0 Å². The van der Waals surface area contributed by atoms with Crippen molar-refractivity contribution in [2.24, 2.45) is 0 Å². The summed E-state index contributed by atoms with van der Waals surface area (Å²) in [6.07, 6.45) is 0. The minimum absolute atomic E-state index is 0.271. The number of anilines is 1. The number of hydrogen-bond donors (Lipinski definition) is 0. The van der Waals surface area contributed by atoms with E-state index in [4.69, 9.17) is 9.47 Å². The molecule has 2 aromatic rings. The van der Waals surface area contributed by atoms with Crippen LogP contribution < -0.4 is 20.2 Å². The van der Waals surface area contributed by atoms with Crippen LogP contribution in [0.2, 0.25) is 0 Å². The van der Waals surface area contributed by atoms with Crippen LogP contribution in [0.15, 0.2) is 36.4 Å². The molecule has 1 atom stereocenters. The third-order valence-electron chi connectivity index (χ3n) is 4.43. The lowest BCUT2D eigenvalue weighted by Gasteiger charge is -2.35. The van der Waals surface area contributed by atoms with E-state index in [1.54, 1.807) is 7.11 Å². The summed E-state index contributed by atoms with van der Waals surface area (Å²) in [6, 6.07) is 13.9. The van der Waals surface area contributed by atoms with E-state index in [0.29, 0.717) is 20.7 Å². The third kappa shape index (κ3) is 4.78. The summed E-state index contributed by atoms with van der Waals surface area (Å²) in [4.78, 5) is 2.50. The van der Waals surface area contributed by atoms with E-state index in [-0.39, 0.29) is 6.79 Å². The van der Waals surface area contributed by atoms with Crippen LogP contribution in [-0.4, -0.2) is 26.0 Å². The molecule has 0 aromatic heterocycles. The van der Waals surface area contributed by atoms with Crippen molar-refractivity contribution < 1.29 is 9.47 Å². The number of para-hydroxylation sites is 1. The van der Waals surface area contributed by atoms with Gasteiger partial charge in [-0.3, -0.25) is 0 Å². The van der Waals surface area contributed by atoms with Crippen molar-refractivity contribution >= 4 is 24.9 Å². The maximum atomic E-state index is 5.90. The summed E-state index contributed by atoms with van der Waals surface area (Å²) < 4.78 is 11.0. The van der Waals surface area contributed by atoms with Crippen molar-refractivity contribution in [3.05, 3.63) is 47.5 Å². The van der Waals surface area contributed by atoms with Crippen molar-refractivity contribution in [2.75, 3.05) is 18.8 Å². The van der Waals surface area contributed by atoms with Gasteiger partial charge in [0.1, 0.15) is 5.75 Å². The molecular weight excluding hydrogens is 341 g/mol. The van der Waals surface area contributed by atoms with Gasteiger partial charge in [-0.1, -0.05) is 38.9 Å². The van der Waals surface area contributed by atoms with E-state index in [1.165, 1.54) is 21.9 Å². The second kappa shape index (κ2) is 9.39. The molecule has 0 saturated heterocycles. The highest BCUT2D eigenvalue weighted by Crippen LogP contribution is 2.30. The van der Waals surface area contributed by atoms with Crippen molar-refractivity contribution in [3.8, 4) is 5.75 Å². The predicted molar refractivity (Wildman–Crippen MR) is 115 cm³/mol. The number of benzene rings is 2. The van der Waals surface area contributed by atoms with Gasteiger partial charge in [-0.25, -0.2) is 0 Å². The van der Waals surface area contributed by atoms with Gasteiger partial charge in [-0.05, 0) is 58.7 Å². The van der Waals surface area contributed by atoms with Crippen molar-refractivity contribution in [1.29, 1.82) is 0 Å². The molecule has 0 amide bonds. The van der Waals surface area contributed by atoms with Gasteiger partial charge in [0.2, 0.25) is 0 Å². The van der Waals surface area contributed by atoms with E-state index < -0.39 is 0 Å². The van der Waals surface area contributed by atoms with Crippen LogP contribution in [0.5, 0.6) is 5.75 Å². The van der Waals surface area contributed by atoms with E-state index in [0.717, 1.165) is 11.3 Å². The molecule has 2 rings (SSSR count). The fourth-order valence-electron chi connectivity index (χ4n) is 3.38. The Labute approximate surface area is 160 Å². The van der Waals surface area contributed by atoms with Crippen LogP contribution in [0, 0.1) is 13.8 Å². The first kappa shape index (κ1) is 20.7. The fourth-order valence-corrected chi connectivity index (χ4v) is 4.83. The molecule has 1 unspecified atom stereocenters. The molecule has 142 valence electrons. The summed E-state index contributed by atoms with van der Waals surface area (Å²) in [5.74, 6) is 0.947. The summed E-state index contributed by atoms with van der Waals surface area (Å²) in [5, 5.41) is 2.62. The number of aryl methyl sites for hydroxylation is 2. The monoisotopic (exact) mass is 373 g/mol. The average molecular weight is 373 g/mol. The molecule has 0 N–H and O–H groups in total. The van der Waals surface area contributed by atoms with Crippen LogP contribution in [-0.2, 0) is 4.74 Å². The first-order valence-electron chi connectivity index (χ1n) is 9.23. The fraction of sp³-hybridized carbons (Fsp3) is 0.455. The number of ether oxygens (including phenoxy) is 2. The molecule has 0 aliphatic heterocycles. The van der Waals surface area contributed by atoms with Crippen molar-refractivity contribution in [1.82, 2.24) is 0 Å². The van der Waals surface area contributed by atoms with Gasteiger partial charge in [0.05, 0.1) is 0 Å². The van der Waals surface area contributed by atoms with Crippen LogP contribution in [0.1, 0.15) is 38.8 Å². The summed E-state index contributed by atoms with van der Waals surface area (Å²) in [5.41, 5.74) is 3.80. The second-order valence-electron chi connectivity index (χ2n) is 7.19. The Morgan fingerprint density at radius 1 is 0.923 bits per heavy atom. The van der Waals surface area contributed by atoms with E-state index in [9.17, 15) is 0 Å². The first-order valence-corrected chi connectivity index (χ1v) is 10.2. The summed E-state index contributed by atoms with van der Waals surface area (Å²) in [6.45, 7) is 13.6. The SMILES string of the molecule is COCOc1c(C)cccc1Pc1c(C)cccc1N(C(C)C)C(C)C. The standard InChI is InChI=1S/C22H32NO2P/c1-15(2)23(16(3)4)19-12-8-11-18(6)22(19)26-20-13-9-10-17(5)21(20)25-14-24-7/h8-13,15-16,26H,14H2,1-7H3. The molecule has 2 aromatic carbocycles. The Morgan fingerprint density at radius 2 is 1.54 bits per heavy atom. The zero-order valence-electron chi connectivity index (χ0n) is 17.1. The molecule has 0 aliphatic rings. The van der Waals surface area contributed by atoms with Gasteiger partial charge in [-0.2, -0.15) is 0 Å².